The number of rotatable bonds is 4. The van der Waals surface area contributed by atoms with Gasteiger partial charge in [0.05, 0.1) is 4.90 Å². The van der Waals surface area contributed by atoms with Crippen LogP contribution in [-0.4, -0.2) is 35.7 Å². The number of carbonyl (C=O) groups is 1. The molecule has 0 unspecified atom stereocenters. The van der Waals surface area contributed by atoms with Gasteiger partial charge in [0.1, 0.15) is 12.3 Å². The van der Waals surface area contributed by atoms with E-state index >= 15 is 0 Å². The number of phenolic OH excluding ortho intramolecular Hbond substituents is 1. The average molecular weight is 339 g/mol. The van der Waals surface area contributed by atoms with E-state index in [0.29, 0.717) is 11.3 Å². The summed E-state index contributed by atoms with van der Waals surface area (Å²) in [7, 11) is -4.03. The Morgan fingerprint density at radius 1 is 1.09 bits per heavy atom. The van der Waals surface area contributed by atoms with Gasteiger partial charge in [0.15, 0.2) is 0 Å². The fraction of sp³-hybridized carbons (Fsp3) is 0.133. The molecule has 0 bridgehead atoms. The average Bonchev–Trinajstić information content (AvgIpc) is 2.46. The van der Waals surface area contributed by atoms with Gasteiger partial charge in [0.25, 0.3) is 10.1 Å². The van der Waals surface area contributed by atoms with Crippen LogP contribution >= 0.6 is 0 Å². The molecule has 0 aromatic heterocycles. The van der Waals surface area contributed by atoms with E-state index in [1.54, 1.807) is 37.3 Å². The molecule has 0 aliphatic rings. The van der Waals surface area contributed by atoms with E-state index < -0.39 is 16.1 Å². The van der Waals surface area contributed by atoms with Gasteiger partial charge < -0.3 is 15.5 Å². The Morgan fingerprint density at radius 2 is 1.65 bits per heavy atom. The quantitative estimate of drug-likeness (QED) is 0.497. The zero-order valence-electron chi connectivity index (χ0n) is 12.3. The van der Waals surface area contributed by atoms with E-state index in [9.17, 15) is 13.2 Å². The lowest BCUT2D eigenvalue weighted by Gasteiger charge is -2.01. The van der Waals surface area contributed by atoms with Crippen LogP contribution in [0, 0.1) is 6.92 Å². The molecule has 2 rings (SSSR count). The number of carboxylic acids is 1. The summed E-state index contributed by atoms with van der Waals surface area (Å²) in [6, 6.07) is 12.5. The predicted molar refractivity (Wildman–Crippen MR) is 85.2 cm³/mol. The van der Waals surface area contributed by atoms with Gasteiger partial charge in [-0.2, -0.15) is 8.42 Å². The predicted octanol–water partition coefficient (Wildman–Crippen LogP) is 2.13. The molecule has 23 heavy (non-hydrogen) atoms. The fourth-order valence-electron chi connectivity index (χ4n) is 1.60. The summed E-state index contributed by atoms with van der Waals surface area (Å²) in [5.74, 6) is -0.751. The Morgan fingerprint density at radius 3 is 2.09 bits per heavy atom. The second-order valence-corrected chi connectivity index (χ2v) is 5.92. The van der Waals surface area contributed by atoms with Crippen molar-refractivity contribution in [3.63, 3.8) is 0 Å². The van der Waals surface area contributed by atoms with Crippen molar-refractivity contribution >= 4 is 21.8 Å². The highest BCUT2D eigenvalue weighted by Crippen LogP contribution is 2.13. The third-order valence-corrected chi connectivity index (χ3v) is 3.70. The fourth-order valence-corrected chi connectivity index (χ4v) is 2.33. The first kappa shape index (κ1) is 18.5. The van der Waals surface area contributed by atoms with Gasteiger partial charge in [0.2, 0.25) is 0 Å². The molecular formula is C15H17NO6S. The molecule has 4 N–H and O–H groups in total. The van der Waals surface area contributed by atoms with E-state index in [-0.39, 0.29) is 17.2 Å². The monoisotopic (exact) mass is 339 g/mol. The SMILES string of the molecule is Cc1ccccc1S(=O)(=O)O.O=C(O)CNc1ccc(O)cc1. The maximum Gasteiger partial charge on any atom is 0.322 e. The van der Waals surface area contributed by atoms with Gasteiger partial charge >= 0.3 is 5.97 Å². The van der Waals surface area contributed by atoms with Crippen molar-refractivity contribution in [1.29, 1.82) is 0 Å². The first-order valence-electron chi connectivity index (χ1n) is 6.48. The number of hydrogen-bond acceptors (Lipinski definition) is 5. The smallest absolute Gasteiger partial charge is 0.322 e. The van der Waals surface area contributed by atoms with Crippen LogP contribution in [-0.2, 0) is 14.9 Å². The molecule has 124 valence electrons. The number of phenols is 1. The van der Waals surface area contributed by atoms with Crippen LogP contribution in [0.3, 0.4) is 0 Å². The summed E-state index contributed by atoms with van der Waals surface area (Å²) < 4.78 is 29.9. The highest BCUT2D eigenvalue weighted by atomic mass is 32.2. The summed E-state index contributed by atoms with van der Waals surface area (Å²) in [5, 5.41) is 19.9. The number of hydrogen-bond donors (Lipinski definition) is 4. The zero-order valence-corrected chi connectivity index (χ0v) is 13.1. The summed E-state index contributed by atoms with van der Waals surface area (Å²) in [4.78, 5) is 10.1. The lowest BCUT2D eigenvalue weighted by molar-refractivity contribution is -0.134. The van der Waals surface area contributed by atoms with Gasteiger partial charge in [-0.1, -0.05) is 18.2 Å². The van der Waals surface area contributed by atoms with Crippen LogP contribution in [0.15, 0.2) is 53.4 Å². The van der Waals surface area contributed by atoms with Crippen molar-refractivity contribution in [1.82, 2.24) is 0 Å². The van der Waals surface area contributed by atoms with E-state index in [2.05, 4.69) is 5.32 Å². The Bertz CT molecular complexity index is 756. The van der Waals surface area contributed by atoms with Crippen LogP contribution in [0.25, 0.3) is 0 Å². The Balaban J connectivity index is 0.000000231. The second kappa shape index (κ2) is 8.16. The Hall–Kier alpha value is -2.58. The molecule has 2 aromatic rings. The van der Waals surface area contributed by atoms with Gasteiger partial charge in [-0.25, -0.2) is 0 Å². The highest BCUT2D eigenvalue weighted by molar-refractivity contribution is 7.85. The van der Waals surface area contributed by atoms with Crippen molar-refractivity contribution in [2.45, 2.75) is 11.8 Å². The largest absolute Gasteiger partial charge is 0.508 e. The van der Waals surface area contributed by atoms with Crippen molar-refractivity contribution in [2.75, 3.05) is 11.9 Å². The zero-order chi connectivity index (χ0) is 17.5. The van der Waals surface area contributed by atoms with Crippen LogP contribution in [0.5, 0.6) is 5.75 Å². The van der Waals surface area contributed by atoms with Gasteiger partial charge in [-0.3, -0.25) is 9.35 Å². The molecule has 0 aliphatic carbocycles. The maximum atomic E-state index is 10.6. The third-order valence-electron chi connectivity index (χ3n) is 2.68. The standard InChI is InChI=1S/C8H9NO3.C7H8O3S/c10-7-3-1-6(2-4-7)9-5-8(11)12;1-6-4-2-3-5-7(6)11(8,9)10/h1-4,9-10H,5H2,(H,11,12);2-5H,1H3,(H,8,9,10). The van der Waals surface area contributed by atoms with Crippen molar-refractivity contribution in [3.05, 3.63) is 54.1 Å². The molecule has 8 heteroatoms. The molecule has 0 amide bonds. The van der Waals surface area contributed by atoms with E-state index in [4.69, 9.17) is 14.8 Å². The van der Waals surface area contributed by atoms with Crippen LogP contribution in [0.4, 0.5) is 5.69 Å². The highest BCUT2D eigenvalue weighted by Gasteiger charge is 2.10. The molecule has 0 saturated heterocycles. The molecule has 0 fully saturated rings. The molecule has 7 nitrogen and oxygen atoms in total. The number of anilines is 1. The molecule has 0 spiro atoms. The Labute approximate surface area is 134 Å². The normalized spacial score (nSPS) is 10.3. The van der Waals surface area contributed by atoms with E-state index in [1.165, 1.54) is 18.2 Å². The minimum Gasteiger partial charge on any atom is -0.508 e. The molecular weight excluding hydrogens is 322 g/mol. The Kier molecular flexibility index (Phi) is 6.55. The molecule has 0 heterocycles. The number of benzene rings is 2. The number of nitrogens with one attached hydrogen (secondary N) is 1. The summed E-state index contributed by atoms with van der Waals surface area (Å²) in [6.07, 6.45) is 0. The van der Waals surface area contributed by atoms with Crippen molar-refractivity contribution in [3.8, 4) is 5.75 Å². The molecule has 0 saturated carbocycles. The number of aromatic hydroxyl groups is 1. The summed E-state index contributed by atoms with van der Waals surface area (Å²) in [6.45, 7) is 1.51. The topological polar surface area (TPSA) is 124 Å². The number of carboxylic acid groups (broad SMARTS) is 1. The minimum atomic E-state index is -4.03. The third kappa shape index (κ3) is 6.81. The first-order valence-corrected chi connectivity index (χ1v) is 7.92. The van der Waals surface area contributed by atoms with Crippen LogP contribution < -0.4 is 5.32 Å². The minimum absolute atomic E-state index is 0.0278. The summed E-state index contributed by atoms with van der Waals surface area (Å²) >= 11 is 0. The lowest BCUT2D eigenvalue weighted by atomic mass is 10.2. The van der Waals surface area contributed by atoms with Gasteiger partial charge in [-0.15, -0.1) is 0 Å². The van der Waals surface area contributed by atoms with Crippen LogP contribution in [0.2, 0.25) is 0 Å². The van der Waals surface area contributed by atoms with E-state index in [0.717, 1.165) is 0 Å². The summed E-state index contributed by atoms with van der Waals surface area (Å²) in [5.41, 5.74) is 1.23. The number of aliphatic carboxylic acids is 1. The maximum absolute atomic E-state index is 10.6. The molecule has 0 aliphatic heterocycles. The molecule has 0 atom stereocenters. The van der Waals surface area contributed by atoms with E-state index in [1.807, 2.05) is 0 Å². The van der Waals surface area contributed by atoms with Gasteiger partial charge in [0, 0.05) is 5.69 Å². The van der Waals surface area contributed by atoms with Crippen LogP contribution in [0.1, 0.15) is 5.56 Å². The van der Waals surface area contributed by atoms with Gasteiger partial charge in [-0.05, 0) is 42.8 Å². The van der Waals surface area contributed by atoms with Crippen molar-refractivity contribution in [2.24, 2.45) is 0 Å². The number of aryl methyl sites for hydroxylation is 1. The second-order valence-electron chi connectivity index (χ2n) is 4.53. The van der Waals surface area contributed by atoms with Crippen molar-refractivity contribution < 1.29 is 28.0 Å². The lowest BCUT2D eigenvalue weighted by Crippen LogP contribution is -2.11. The molecule has 0 radical (unpaired) electrons. The molecule has 2 aromatic carbocycles. The first-order chi connectivity index (χ1) is 10.7.